The van der Waals surface area contributed by atoms with Gasteiger partial charge in [0.1, 0.15) is 18.3 Å². The Hall–Kier alpha value is -0.340. The second-order valence-electron chi connectivity index (χ2n) is 3.25. The number of aliphatic hydroxyl groups is 3. The Balaban J connectivity index is 0. The topological polar surface area (TPSA) is 145 Å². The van der Waals surface area contributed by atoms with Gasteiger partial charge < -0.3 is 25.1 Å². The van der Waals surface area contributed by atoms with Crippen LogP contribution in [-0.2, 0) is 13.9 Å². The van der Waals surface area contributed by atoms with Crippen LogP contribution in [0.3, 0.4) is 0 Å². The Kier molecular flexibility index (Phi) is 8.02. The predicted octanol–water partition coefficient (Wildman–Crippen LogP) is -1.20. The number of ketones is 1. The molecule has 17 heavy (non-hydrogen) atoms. The average Bonchev–Trinajstić information content (AvgIpc) is 2.22. The lowest BCUT2D eigenvalue weighted by molar-refractivity contribution is -0.152. The van der Waals surface area contributed by atoms with E-state index in [1.807, 2.05) is 0 Å². The molecule has 9 heteroatoms. The Labute approximate surface area is 99.1 Å². The Morgan fingerprint density at radius 3 is 2.24 bits per heavy atom. The average molecular weight is 274 g/mol. The second-order valence-corrected chi connectivity index (χ2v) is 4.49. The third-order valence-electron chi connectivity index (χ3n) is 2.07. The minimum Gasteiger partial charge on any atom is -0.393 e. The van der Waals surface area contributed by atoms with Gasteiger partial charge in [0.25, 0.3) is 0 Å². The molecule has 0 aliphatic carbocycles. The molecule has 0 aromatic heterocycles. The van der Waals surface area contributed by atoms with Crippen molar-refractivity contribution in [3.8, 4) is 0 Å². The van der Waals surface area contributed by atoms with Crippen LogP contribution < -0.4 is 0 Å². The van der Waals surface area contributed by atoms with E-state index in [1.54, 1.807) is 0 Å². The van der Waals surface area contributed by atoms with Gasteiger partial charge in [0, 0.05) is 0 Å². The van der Waals surface area contributed by atoms with Crippen LogP contribution in [0.1, 0.15) is 20.8 Å². The Morgan fingerprint density at radius 2 is 1.94 bits per heavy atom. The molecule has 0 radical (unpaired) electrons. The highest BCUT2D eigenvalue weighted by Crippen LogP contribution is 2.35. The van der Waals surface area contributed by atoms with Crippen molar-refractivity contribution in [1.29, 1.82) is 0 Å². The van der Waals surface area contributed by atoms with Gasteiger partial charge in [0.15, 0.2) is 5.78 Å². The zero-order valence-electron chi connectivity index (χ0n) is 8.61. The molecule has 0 rings (SSSR count). The summed E-state index contributed by atoms with van der Waals surface area (Å²) in [7, 11) is -4.80. The first-order chi connectivity index (χ1) is 7.16. The molecular formula is C8H19O8P. The summed E-state index contributed by atoms with van der Waals surface area (Å²) < 4.78 is 14.1. The number of Topliss-reactive ketones (excluding diaryl/α,β-unsaturated/α-hetero) is 1. The second kappa shape index (κ2) is 7.17. The van der Waals surface area contributed by atoms with E-state index in [4.69, 9.17) is 14.9 Å². The van der Waals surface area contributed by atoms with Gasteiger partial charge in [-0.2, -0.15) is 0 Å². The minimum absolute atomic E-state index is 0. The van der Waals surface area contributed by atoms with Crippen molar-refractivity contribution < 1.29 is 39.0 Å². The van der Waals surface area contributed by atoms with Crippen LogP contribution in [0, 0.1) is 0 Å². The molecule has 0 fully saturated rings. The van der Waals surface area contributed by atoms with Gasteiger partial charge in [-0.1, -0.05) is 14.4 Å². The van der Waals surface area contributed by atoms with E-state index >= 15 is 0 Å². The van der Waals surface area contributed by atoms with E-state index in [2.05, 4.69) is 4.52 Å². The summed E-state index contributed by atoms with van der Waals surface area (Å²) in [5, 5.41) is 27.6. The number of aliphatic hydroxyl groups excluding tert-OH is 2. The lowest BCUT2D eigenvalue weighted by Gasteiger charge is -2.28. The standard InChI is InChI=1S/C7H15O8P.CH4/c1-2-7(11,4-8)6(10)5(9)3-15-16(12,13)14;/h6,8,10-11H,2-4H2,1H3,(H2,12,13,14);1H4. The van der Waals surface area contributed by atoms with Crippen molar-refractivity contribution in [2.24, 2.45) is 0 Å². The van der Waals surface area contributed by atoms with Crippen molar-refractivity contribution in [2.75, 3.05) is 13.2 Å². The van der Waals surface area contributed by atoms with E-state index in [1.165, 1.54) is 6.92 Å². The molecule has 2 unspecified atom stereocenters. The van der Waals surface area contributed by atoms with Gasteiger partial charge in [-0.25, -0.2) is 4.57 Å². The molecule has 8 nitrogen and oxygen atoms in total. The van der Waals surface area contributed by atoms with Crippen LogP contribution in [0.4, 0.5) is 0 Å². The van der Waals surface area contributed by atoms with Crippen LogP contribution in [0.15, 0.2) is 0 Å². The van der Waals surface area contributed by atoms with Crippen LogP contribution >= 0.6 is 7.82 Å². The number of hydrogen-bond acceptors (Lipinski definition) is 6. The first-order valence-electron chi connectivity index (χ1n) is 4.40. The molecule has 104 valence electrons. The molecule has 0 bridgehead atoms. The maximum atomic E-state index is 11.2. The smallest absolute Gasteiger partial charge is 0.393 e. The normalized spacial score (nSPS) is 16.8. The highest BCUT2D eigenvalue weighted by atomic mass is 31.2. The van der Waals surface area contributed by atoms with E-state index in [0.717, 1.165) is 0 Å². The summed E-state index contributed by atoms with van der Waals surface area (Å²) in [4.78, 5) is 27.8. The van der Waals surface area contributed by atoms with Crippen LogP contribution in [0.2, 0.25) is 0 Å². The van der Waals surface area contributed by atoms with E-state index in [9.17, 15) is 19.6 Å². The fraction of sp³-hybridized carbons (Fsp3) is 0.875. The molecule has 0 aliphatic heterocycles. The first-order valence-corrected chi connectivity index (χ1v) is 5.93. The molecule has 5 N–H and O–H groups in total. The molecule has 0 aromatic rings. The minimum atomic E-state index is -4.80. The quantitative estimate of drug-likeness (QED) is 0.364. The summed E-state index contributed by atoms with van der Waals surface area (Å²) >= 11 is 0. The number of phosphoric ester groups is 1. The zero-order chi connectivity index (χ0) is 13.0. The van der Waals surface area contributed by atoms with Crippen LogP contribution in [-0.4, -0.2) is 55.8 Å². The molecule has 0 amide bonds. The van der Waals surface area contributed by atoms with E-state index < -0.39 is 38.5 Å². The Bertz CT molecular complexity index is 281. The molecule has 0 heterocycles. The van der Waals surface area contributed by atoms with Gasteiger partial charge in [0.05, 0.1) is 6.61 Å². The molecule has 2 atom stereocenters. The summed E-state index contributed by atoms with van der Waals surface area (Å²) in [6, 6.07) is 0. The van der Waals surface area contributed by atoms with Crippen molar-refractivity contribution in [3.05, 3.63) is 0 Å². The highest BCUT2D eigenvalue weighted by Gasteiger charge is 2.38. The first kappa shape index (κ1) is 19.0. The zero-order valence-corrected chi connectivity index (χ0v) is 9.50. The highest BCUT2D eigenvalue weighted by molar-refractivity contribution is 7.46. The monoisotopic (exact) mass is 274 g/mol. The summed E-state index contributed by atoms with van der Waals surface area (Å²) in [5.74, 6) is -1.12. The molecule has 0 aliphatic rings. The third-order valence-corrected chi connectivity index (χ3v) is 2.54. The number of carbonyl (C=O) groups excluding carboxylic acids is 1. The predicted molar refractivity (Wildman–Crippen MR) is 58.1 cm³/mol. The fourth-order valence-corrected chi connectivity index (χ4v) is 1.21. The summed E-state index contributed by atoms with van der Waals surface area (Å²) in [6.07, 6.45) is -2.07. The fourth-order valence-electron chi connectivity index (χ4n) is 0.918. The number of hydrogen-bond donors (Lipinski definition) is 5. The number of phosphoric acid groups is 1. The van der Waals surface area contributed by atoms with Crippen molar-refractivity contribution in [3.63, 3.8) is 0 Å². The van der Waals surface area contributed by atoms with Crippen molar-refractivity contribution in [1.82, 2.24) is 0 Å². The van der Waals surface area contributed by atoms with E-state index in [0.29, 0.717) is 0 Å². The molecular weight excluding hydrogens is 255 g/mol. The van der Waals surface area contributed by atoms with Gasteiger partial charge >= 0.3 is 7.82 Å². The number of rotatable bonds is 7. The lowest BCUT2D eigenvalue weighted by Crippen LogP contribution is -2.50. The number of carbonyl (C=O) groups is 1. The largest absolute Gasteiger partial charge is 0.470 e. The van der Waals surface area contributed by atoms with Gasteiger partial charge in [0.2, 0.25) is 0 Å². The third kappa shape index (κ3) is 6.23. The van der Waals surface area contributed by atoms with Crippen molar-refractivity contribution in [2.45, 2.75) is 32.5 Å². The SMILES string of the molecule is C.CCC(O)(CO)C(O)C(=O)COP(=O)(O)O. The van der Waals surface area contributed by atoms with Gasteiger partial charge in [-0.3, -0.25) is 9.32 Å². The van der Waals surface area contributed by atoms with E-state index in [-0.39, 0.29) is 13.8 Å². The lowest BCUT2D eigenvalue weighted by atomic mass is 9.92. The molecule has 0 spiro atoms. The summed E-state index contributed by atoms with van der Waals surface area (Å²) in [5.41, 5.74) is -2.03. The molecule has 0 aromatic carbocycles. The van der Waals surface area contributed by atoms with Crippen LogP contribution in [0.25, 0.3) is 0 Å². The molecule has 0 saturated carbocycles. The Morgan fingerprint density at radius 1 is 1.47 bits per heavy atom. The van der Waals surface area contributed by atoms with Gasteiger partial charge in [-0.15, -0.1) is 0 Å². The maximum Gasteiger partial charge on any atom is 0.470 e. The molecule has 0 saturated heterocycles. The summed E-state index contributed by atoms with van der Waals surface area (Å²) in [6.45, 7) is -0.476. The van der Waals surface area contributed by atoms with Crippen LogP contribution in [0.5, 0.6) is 0 Å². The van der Waals surface area contributed by atoms with Gasteiger partial charge in [-0.05, 0) is 6.42 Å². The van der Waals surface area contributed by atoms with Crippen molar-refractivity contribution >= 4 is 13.6 Å². The maximum absolute atomic E-state index is 11.2.